The van der Waals surface area contributed by atoms with Crippen LogP contribution in [-0.4, -0.2) is 43.4 Å². The van der Waals surface area contributed by atoms with Crippen LogP contribution in [0.5, 0.6) is 0 Å². The number of ether oxygens (including phenoxy) is 1. The van der Waals surface area contributed by atoms with Gasteiger partial charge < -0.3 is 15.2 Å². The van der Waals surface area contributed by atoms with E-state index in [1.807, 2.05) is 18.4 Å². The van der Waals surface area contributed by atoms with E-state index < -0.39 is 0 Å². The molecule has 0 spiro atoms. The number of nitrogens with zero attached hydrogens (tertiary/aromatic N) is 4. The van der Waals surface area contributed by atoms with E-state index in [0.29, 0.717) is 12.4 Å². The fourth-order valence-corrected chi connectivity index (χ4v) is 2.44. The van der Waals surface area contributed by atoms with Crippen molar-refractivity contribution in [2.45, 2.75) is 45.1 Å². The quantitative estimate of drug-likeness (QED) is 0.857. The van der Waals surface area contributed by atoms with E-state index in [-0.39, 0.29) is 18.4 Å². The van der Waals surface area contributed by atoms with Gasteiger partial charge in [0.2, 0.25) is 0 Å². The Morgan fingerprint density at radius 3 is 2.95 bits per heavy atom. The minimum Gasteiger partial charge on any atom is -0.393 e. The number of fused-ring (bicyclic) bond motifs is 1. The maximum atomic E-state index is 9.34. The van der Waals surface area contributed by atoms with Crippen LogP contribution in [0.15, 0.2) is 12.7 Å². The highest BCUT2D eigenvalue weighted by atomic mass is 16.5. The van der Waals surface area contributed by atoms with Crippen LogP contribution in [0.25, 0.3) is 11.2 Å². The minimum absolute atomic E-state index is 0.113. The summed E-state index contributed by atoms with van der Waals surface area (Å²) in [7, 11) is 0. The molecule has 1 atom stereocenters. The van der Waals surface area contributed by atoms with Gasteiger partial charge in [-0.25, -0.2) is 15.0 Å². The second-order valence-electron chi connectivity index (χ2n) is 5.07. The number of aliphatic hydroxyl groups is 1. The Morgan fingerprint density at radius 1 is 1.45 bits per heavy atom. The third kappa shape index (κ3) is 2.34. The Morgan fingerprint density at radius 2 is 2.25 bits per heavy atom. The lowest BCUT2D eigenvalue weighted by atomic mass is 9.89. The Kier molecular flexibility index (Phi) is 3.54. The average Bonchev–Trinajstić information content (AvgIpc) is 2.82. The van der Waals surface area contributed by atoms with Crippen molar-refractivity contribution in [3.05, 3.63) is 12.7 Å². The summed E-state index contributed by atoms with van der Waals surface area (Å²) in [5.74, 6) is 0.717. The molecule has 0 bridgehead atoms. The Balaban J connectivity index is 1.87. The van der Waals surface area contributed by atoms with E-state index in [9.17, 15) is 5.11 Å². The van der Waals surface area contributed by atoms with E-state index in [0.717, 1.165) is 24.0 Å². The summed E-state index contributed by atoms with van der Waals surface area (Å²) in [6.07, 6.45) is 4.44. The van der Waals surface area contributed by atoms with Gasteiger partial charge in [-0.2, -0.15) is 0 Å². The second-order valence-corrected chi connectivity index (χ2v) is 5.07. The molecule has 0 aromatic carbocycles. The number of hydrogen-bond acceptors (Lipinski definition) is 6. The highest BCUT2D eigenvalue weighted by Crippen LogP contribution is 2.26. The van der Waals surface area contributed by atoms with E-state index in [4.69, 9.17) is 4.74 Å². The number of nitrogens with one attached hydrogen (secondary N) is 1. The van der Waals surface area contributed by atoms with Crippen molar-refractivity contribution in [3.8, 4) is 0 Å². The first kappa shape index (κ1) is 13.3. The van der Waals surface area contributed by atoms with Crippen molar-refractivity contribution in [1.82, 2.24) is 19.5 Å². The minimum atomic E-state index is -0.194. The van der Waals surface area contributed by atoms with Gasteiger partial charge in [0.15, 0.2) is 17.0 Å². The summed E-state index contributed by atoms with van der Waals surface area (Å²) in [4.78, 5) is 12.9. The lowest BCUT2D eigenvalue weighted by Crippen LogP contribution is -2.39. The molecule has 3 rings (SSSR count). The number of aliphatic hydroxyl groups excluding tert-OH is 1. The van der Waals surface area contributed by atoms with Crippen molar-refractivity contribution in [3.63, 3.8) is 0 Å². The fraction of sp³-hybridized carbons (Fsp3) is 0.615. The summed E-state index contributed by atoms with van der Waals surface area (Å²) in [5.41, 5.74) is 1.49. The Labute approximate surface area is 117 Å². The molecule has 20 heavy (non-hydrogen) atoms. The van der Waals surface area contributed by atoms with E-state index in [2.05, 4.69) is 20.3 Å². The van der Waals surface area contributed by atoms with Crippen LogP contribution in [-0.2, 0) is 4.74 Å². The lowest BCUT2D eigenvalue weighted by Gasteiger charge is -2.32. The highest BCUT2D eigenvalue weighted by Gasteiger charge is 2.28. The molecule has 2 aromatic heterocycles. The largest absolute Gasteiger partial charge is 0.393 e. The van der Waals surface area contributed by atoms with Crippen LogP contribution in [0, 0.1) is 0 Å². The zero-order valence-corrected chi connectivity index (χ0v) is 11.7. The monoisotopic (exact) mass is 277 g/mol. The van der Waals surface area contributed by atoms with E-state index in [1.54, 1.807) is 6.33 Å². The van der Waals surface area contributed by atoms with Gasteiger partial charge in [0.1, 0.15) is 12.6 Å². The van der Waals surface area contributed by atoms with Gasteiger partial charge in [-0.15, -0.1) is 0 Å². The van der Waals surface area contributed by atoms with Gasteiger partial charge in [-0.05, 0) is 26.7 Å². The summed E-state index contributed by atoms with van der Waals surface area (Å²) >= 11 is 0. The fourth-order valence-electron chi connectivity index (χ4n) is 2.44. The number of anilines is 1. The molecule has 7 heteroatoms. The Bertz CT molecular complexity index is 593. The van der Waals surface area contributed by atoms with Crippen LogP contribution in [0.1, 0.15) is 32.9 Å². The van der Waals surface area contributed by atoms with Gasteiger partial charge in [-0.3, -0.25) is 4.57 Å². The van der Waals surface area contributed by atoms with Gasteiger partial charge >= 0.3 is 0 Å². The van der Waals surface area contributed by atoms with Crippen molar-refractivity contribution >= 4 is 17.0 Å². The zero-order valence-electron chi connectivity index (χ0n) is 11.7. The first-order chi connectivity index (χ1) is 9.69. The SMILES string of the molecule is CCOC(C)n1cnc2c(NC3CC(O)C3)ncnc21. The number of aromatic nitrogens is 4. The first-order valence-electron chi connectivity index (χ1n) is 6.92. The Hall–Kier alpha value is -1.73. The molecular formula is C13H19N5O2. The average molecular weight is 277 g/mol. The molecule has 1 aliphatic rings. The third-order valence-corrected chi connectivity index (χ3v) is 3.61. The lowest BCUT2D eigenvalue weighted by molar-refractivity contribution is 0.0272. The molecule has 2 aromatic rings. The normalized spacial score (nSPS) is 23.6. The van der Waals surface area contributed by atoms with Crippen LogP contribution in [0.2, 0.25) is 0 Å². The number of hydrogen-bond donors (Lipinski definition) is 2. The summed E-state index contributed by atoms with van der Waals surface area (Å²) in [6.45, 7) is 4.55. The van der Waals surface area contributed by atoms with Gasteiger partial charge in [-0.1, -0.05) is 0 Å². The van der Waals surface area contributed by atoms with Crippen molar-refractivity contribution in [2.75, 3.05) is 11.9 Å². The summed E-state index contributed by atoms with van der Waals surface area (Å²) in [5, 5.41) is 12.6. The topological polar surface area (TPSA) is 85.1 Å². The van der Waals surface area contributed by atoms with Gasteiger partial charge in [0.25, 0.3) is 0 Å². The van der Waals surface area contributed by atoms with Gasteiger partial charge in [0, 0.05) is 12.6 Å². The van der Waals surface area contributed by atoms with Crippen LogP contribution in [0.4, 0.5) is 5.82 Å². The molecule has 1 fully saturated rings. The molecule has 0 saturated heterocycles. The third-order valence-electron chi connectivity index (χ3n) is 3.61. The molecular weight excluding hydrogens is 258 g/mol. The van der Waals surface area contributed by atoms with Crippen LogP contribution < -0.4 is 5.32 Å². The molecule has 7 nitrogen and oxygen atoms in total. The van der Waals surface area contributed by atoms with Crippen molar-refractivity contribution in [1.29, 1.82) is 0 Å². The predicted octanol–water partition coefficient (Wildman–Crippen LogP) is 1.32. The van der Waals surface area contributed by atoms with E-state index >= 15 is 0 Å². The molecule has 0 amide bonds. The molecule has 108 valence electrons. The predicted molar refractivity (Wildman–Crippen MR) is 74.3 cm³/mol. The maximum absolute atomic E-state index is 9.34. The number of rotatable bonds is 5. The number of imidazole rings is 1. The smallest absolute Gasteiger partial charge is 0.167 e. The summed E-state index contributed by atoms with van der Waals surface area (Å²) < 4.78 is 7.46. The highest BCUT2D eigenvalue weighted by molar-refractivity contribution is 5.82. The molecule has 1 aliphatic carbocycles. The molecule has 1 unspecified atom stereocenters. The first-order valence-corrected chi connectivity index (χ1v) is 6.92. The maximum Gasteiger partial charge on any atom is 0.167 e. The van der Waals surface area contributed by atoms with E-state index in [1.165, 1.54) is 6.33 Å². The molecule has 2 heterocycles. The molecule has 0 aliphatic heterocycles. The molecule has 0 radical (unpaired) electrons. The van der Waals surface area contributed by atoms with Crippen LogP contribution in [0.3, 0.4) is 0 Å². The second kappa shape index (κ2) is 5.34. The standard InChI is InChI=1S/C13H19N5O2/c1-3-20-8(2)18-7-16-11-12(14-6-15-13(11)18)17-9-4-10(19)5-9/h6-10,19H,3-5H2,1-2H3,(H,14,15,17). The van der Waals surface area contributed by atoms with Gasteiger partial charge in [0.05, 0.1) is 12.4 Å². The zero-order chi connectivity index (χ0) is 14.1. The van der Waals surface area contributed by atoms with Crippen LogP contribution >= 0.6 is 0 Å². The summed E-state index contributed by atoms with van der Waals surface area (Å²) in [6, 6.07) is 0.262. The molecule has 1 saturated carbocycles. The van der Waals surface area contributed by atoms with Crippen molar-refractivity contribution < 1.29 is 9.84 Å². The molecule has 2 N–H and O–H groups in total. The van der Waals surface area contributed by atoms with Crippen molar-refractivity contribution in [2.24, 2.45) is 0 Å².